The first-order valence-electron chi connectivity index (χ1n) is 4.68. The van der Waals surface area contributed by atoms with Crippen molar-refractivity contribution in [2.75, 3.05) is 13.6 Å². The Balaban J connectivity index is 2.16. The van der Waals surface area contributed by atoms with Crippen molar-refractivity contribution in [2.24, 2.45) is 0 Å². The molecule has 0 aliphatic rings. The van der Waals surface area contributed by atoms with Crippen molar-refractivity contribution in [3.63, 3.8) is 0 Å². The summed E-state index contributed by atoms with van der Waals surface area (Å²) < 4.78 is 0. The van der Waals surface area contributed by atoms with E-state index in [2.05, 4.69) is 29.0 Å². The summed E-state index contributed by atoms with van der Waals surface area (Å²) in [5.74, 6) is 0.0837. The lowest BCUT2D eigenvalue weighted by Crippen LogP contribution is -2.24. The molecule has 1 heterocycles. The van der Waals surface area contributed by atoms with E-state index >= 15 is 0 Å². The first-order chi connectivity index (χ1) is 6.74. The van der Waals surface area contributed by atoms with E-state index in [1.165, 1.54) is 10.4 Å². The van der Waals surface area contributed by atoms with Crippen molar-refractivity contribution < 1.29 is 4.79 Å². The van der Waals surface area contributed by atoms with Gasteiger partial charge in [-0.25, -0.2) is 0 Å². The van der Waals surface area contributed by atoms with E-state index < -0.39 is 0 Å². The quantitative estimate of drug-likeness (QED) is 0.722. The molecule has 1 aromatic heterocycles. The second kappa shape index (κ2) is 5.78. The molecule has 0 bridgehead atoms. The maximum Gasteiger partial charge on any atom is 0.221 e. The number of carbonyl (C=O) groups is 1. The van der Waals surface area contributed by atoms with E-state index in [9.17, 15) is 4.79 Å². The number of thiophene rings is 1. The highest BCUT2D eigenvalue weighted by Crippen LogP contribution is 2.14. The zero-order valence-corrected chi connectivity index (χ0v) is 9.41. The molecule has 0 spiro atoms. The monoisotopic (exact) mass is 212 g/mol. The van der Waals surface area contributed by atoms with Crippen molar-refractivity contribution in [1.29, 1.82) is 0 Å². The fraction of sp³-hybridized carbons (Fsp3) is 0.500. The van der Waals surface area contributed by atoms with Crippen molar-refractivity contribution in [3.05, 3.63) is 21.9 Å². The molecule has 1 aromatic rings. The van der Waals surface area contributed by atoms with Crippen LogP contribution >= 0.6 is 11.3 Å². The van der Waals surface area contributed by atoms with Gasteiger partial charge in [-0.15, -0.1) is 11.3 Å². The minimum absolute atomic E-state index is 0.0837. The van der Waals surface area contributed by atoms with Gasteiger partial charge in [-0.3, -0.25) is 4.79 Å². The second-order valence-electron chi connectivity index (χ2n) is 3.13. The largest absolute Gasteiger partial charge is 0.359 e. The van der Waals surface area contributed by atoms with Crippen LogP contribution in [0.4, 0.5) is 0 Å². The normalized spacial score (nSPS) is 10.1. The zero-order valence-electron chi connectivity index (χ0n) is 8.59. The number of amides is 1. The smallest absolute Gasteiger partial charge is 0.221 e. The van der Waals surface area contributed by atoms with Crippen LogP contribution in [-0.4, -0.2) is 19.5 Å². The molecule has 0 aliphatic heterocycles. The SMILES string of the molecule is CNC(=O)CCNCc1sccc1C. The number of hydrogen-bond acceptors (Lipinski definition) is 3. The van der Waals surface area contributed by atoms with Crippen LogP contribution in [0.3, 0.4) is 0 Å². The summed E-state index contributed by atoms with van der Waals surface area (Å²) in [5, 5.41) is 7.93. The Kier molecular flexibility index (Phi) is 4.62. The third-order valence-electron chi connectivity index (χ3n) is 2.06. The molecule has 1 amide bonds. The van der Waals surface area contributed by atoms with Gasteiger partial charge in [-0.1, -0.05) is 0 Å². The molecule has 3 nitrogen and oxygen atoms in total. The predicted octanol–water partition coefficient (Wildman–Crippen LogP) is 1.28. The van der Waals surface area contributed by atoms with E-state index in [1.807, 2.05) is 0 Å². The lowest BCUT2D eigenvalue weighted by atomic mass is 10.3. The molecule has 0 aromatic carbocycles. The highest BCUT2D eigenvalue weighted by atomic mass is 32.1. The number of aryl methyl sites for hydroxylation is 1. The van der Waals surface area contributed by atoms with E-state index in [4.69, 9.17) is 0 Å². The minimum atomic E-state index is 0.0837. The van der Waals surface area contributed by atoms with E-state index in [1.54, 1.807) is 18.4 Å². The van der Waals surface area contributed by atoms with E-state index in [0.717, 1.165) is 13.1 Å². The highest BCUT2D eigenvalue weighted by molar-refractivity contribution is 7.10. The molecular weight excluding hydrogens is 196 g/mol. The number of rotatable bonds is 5. The van der Waals surface area contributed by atoms with Crippen LogP contribution in [-0.2, 0) is 11.3 Å². The maximum atomic E-state index is 10.9. The molecule has 0 saturated heterocycles. The zero-order chi connectivity index (χ0) is 10.4. The van der Waals surface area contributed by atoms with Crippen LogP contribution < -0.4 is 10.6 Å². The molecule has 0 fully saturated rings. The molecule has 1 rings (SSSR count). The van der Waals surface area contributed by atoms with Gasteiger partial charge in [-0.2, -0.15) is 0 Å². The van der Waals surface area contributed by atoms with Crippen LogP contribution in [0.2, 0.25) is 0 Å². The molecule has 0 radical (unpaired) electrons. The van der Waals surface area contributed by atoms with Crippen LogP contribution in [0.15, 0.2) is 11.4 Å². The van der Waals surface area contributed by atoms with E-state index in [0.29, 0.717) is 6.42 Å². The topological polar surface area (TPSA) is 41.1 Å². The third kappa shape index (κ3) is 3.47. The highest BCUT2D eigenvalue weighted by Gasteiger charge is 2.00. The van der Waals surface area contributed by atoms with Gasteiger partial charge in [-0.05, 0) is 23.9 Å². The Morgan fingerprint density at radius 2 is 2.36 bits per heavy atom. The molecule has 0 aliphatic carbocycles. The van der Waals surface area contributed by atoms with Crippen molar-refractivity contribution in [2.45, 2.75) is 19.9 Å². The summed E-state index contributed by atoms with van der Waals surface area (Å²) in [6.07, 6.45) is 0.543. The van der Waals surface area contributed by atoms with Crippen LogP contribution in [0.5, 0.6) is 0 Å². The minimum Gasteiger partial charge on any atom is -0.359 e. The predicted molar refractivity (Wildman–Crippen MR) is 59.4 cm³/mol. The van der Waals surface area contributed by atoms with Gasteiger partial charge in [0.25, 0.3) is 0 Å². The average Bonchev–Trinajstić information content (AvgIpc) is 2.58. The standard InChI is InChI=1S/C10H16N2OS/c1-8-4-6-14-9(8)7-12-5-3-10(13)11-2/h4,6,12H,3,5,7H2,1-2H3,(H,11,13). The first kappa shape index (κ1) is 11.2. The molecule has 2 N–H and O–H groups in total. The van der Waals surface area contributed by atoms with E-state index in [-0.39, 0.29) is 5.91 Å². The summed E-state index contributed by atoms with van der Waals surface area (Å²) in [7, 11) is 1.66. The summed E-state index contributed by atoms with van der Waals surface area (Å²) in [4.78, 5) is 12.2. The van der Waals surface area contributed by atoms with Gasteiger partial charge in [0.05, 0.1) is 0 Å². The van der Waals surface area contributed by atoms with Gasteiger partial charge >= 0.3 is 0 Å². The third-order valence-corrected chi connectivity index (χ3v) is 3.08. The molecule has 0 unspecified atom stereocenters. The number of nitrogens with one attached hydrogen (secondary N) is 2. The molecular formula is C10H16N2OS. The maximum absolute atomic E-state index is 10.9. The molecule has 0 atom stereocenters. The fourth-order valence-electron chi connectivity index (χ4n) is 1.11. The summed E-state index contributed by atoms with van der Waals surface area (Å²) in [6, 6.07) is 2.11. The average molecular weight is 212 g/mol. The second-order valence-corrected chi connectivity index (χ2v) is 4.13. The molecule has 4 heteroatoms. The van der Waals surface area contributed by atoms with Gasteiger partial charge in [0.2, 0.25) is 5.91 Å². The Morgan fingerprint density at radius 3 is 2.93 bits per heavy atom. The van der Waals surface area contributed by atoms with Gasteiger partial charge in [0, 0.05) is 31.4 Å². The summed E-state index contributed by atoms with van der Waals surface area (Å²) in [5.41, 5.74) is 1.32. The van der Waals surface area contributed by atoms with Crippen molar-refractivity contribution in [1.82, 2.24) is 10.6 Å². The fourth-order valence-corrected chi connectivity index (χ4v) is 1.99. The Morgan fingerprint density at radius 1 is 1.57 bits per heavy atom. The summed E-state index contributed by atoms with van der Waals surface area (Å²) >= 11 is 1.75. The lowest BCUT2D eigenvalue weighted by molar-refractivity contribution is -0.120. The molecule has 78 valence electrons. The number of carbonyl (C=O) groups excluding carboxylic acids is 1. The van der Waals surface area contributed by atoms with Crippen molar-refractivity contribution >= 4 is 17.2 Å². The van der Waals surface area contributed by atoms with Gasteiger partial charge in [0.15, 0.2) is 0 Å². The Hall–Kier alpha value is -0.870. The van der Waals surface area contributed by atoms with Crippen molar-refractivity contribution in [3.8, 4) is 0 Å². The molecule has 0 saturated carbocycles. The Labute approximate surface area is 88.5 Å². The molecule has 14 heavy (non-hydrogen) atoms. The number of hydrogen-bond donors (Lipinski definition) is 2. The van der Waals surface area contributed by atoms with Gasteiger partial charge < -0.3 is 10.6 Å². The van der Waals surface area contributed by atoms with Crippen LogP contribution in [0, 0.1) is 6.92 Å². The summed E-state index contributed by atoms with van der Waals surface area (Å²) in [6.45, 7) is 3.70. The van der Waals surface area contributed by atoms with Gasteiger partial charge in [0.1, 0.15) is 0 Å². The lowest BCUT2D eigenvalue weighted by Gasteiger charge is -2.03. The van der Waals surface area contributed by atoms with Crippen LogP contribution in [0.1, 0.15) is 16.9 Å². The van der Waals surface area contributed by atoms with Crippen LogP contribution in [0.25, 0.3) is 0 Å². The Bertz CT molecular complexity index is 296. The first-order valence-corrected chi connectivity index (χ1v) is 5.56.